The van der Waals surface area contributed by atoms with Crippen LogP contribution in [-0.2, 0) is 6.42 Å². The van der Waals surface area contributed by atoms with E-state index in [4.69, 9.17) is 23.2 Å². The molecule has 2 heterocycles. The van der Waals surface area contributed by atoms with E-state index in [-0.39, 0.29) is 5.38 Å². The highest BCUT2D eigenvalue weighted by Crippen LogP contribution is 2.33. The molecule has 2 rings (SSSR count). The van der Waals surface area contributed by atoms with Gasteiger partial charge in [0.25, 0.3) is 0 Å². The molecular formula is C10H8Cl2S2. The smallest absolute Gasteiger partial charge is 0.0931 e. The second kappa shape index (κ2) is 4.67. The molecule has 0 fully saturated rings. The molecule has 0 amide bonds. The molecule has 0 bridgehead atoms. The van der Waals surface area contributed by atoms with Crippen LogP contribution in [0.3, 0.4) is 0 Å². The lowest BCUT2D eigenvalue weighted by Gasteiger charge is -2.04. The van der Waals surface area contributed by atoms with Crippen LogP contribution in [0.1, 0.15) is 15.1 Å². The molecule has 14 heavy (non-hydrogen) atoms. The van der Waals surface area contributed by atoms with Crippen LogP contribution in [0.25, 0.3) is 0 Å². The topological polar surface area (TPSA) is 0 Å². The monoisotopic (exact) mass is 262 g/mol. The molecule has 2 aromatic rings. The molecule has 0 aliphatic carbocycles. The third kappa shape index (κ3) is 2.51. The number of hydrogen-bond donors (Lipinski definition) is 0. The van der Waals surface area contributed by atoms with Crippen molar-refractivity contribution in [1.82, 2.24) is 0 Å². The summed E-state index contributed by atoms with van der Waals surface area (Å²) in [6.07, 6.45) is 0.885. The fourth-order valence-electron chi connectivity index (χ4n) is 1.20. The molecule has 0 aliphatic heterocycles. The predicted octanol–water partition coefficient (Wildman–Crippen LogP) is 4.99. The quantitative estimate of drug-likeness (QED) is 0.685. The van der Waals surface area contributed by atoms with Gasteiger partial charge in [-0.1, -0.05) is 17.7 Å². The summed E-state index contributed by atoms with van der Waals surface area (Å²) in [6, 6.07) is 8.05. The predicted molar refractivity (Wildman–Crippen MR) is 65.9 cm³/mol. The Morgan fingerprint density at radius 3 is 2.71 bits per heavy atom. The van der Waals surface area contributed by atoms with Gasteiger partial charge < -0.3 is 0 Å². The molecule has 0 saturated heterocycles. The standard InChI is InChI=1S/C10H8Cl2S2/c11-8(6-7-2-1-5-13-7)9-3-4-10(12)14-9/h1-5,8H,6H2. The summed E-state index contributed by atoms with van der Waals surface area (Å²) in [5.41, 5.74) is 0. The van der Waals surface area contributed by atoms with E-state index in [1.807, 2.05) is 18.2 Å². The van der Waals surface area contributed by atoms with E-state index in [9.17, 15) is 0 Å². The molecule has 74 valence electrons. The van der Waals surface area contributed by atoms with Gasteiger partial charge in [0, 0.05) is 16.2 Å². The molecule has 0 saturated carbocycles. The third-order valence-corrected chi connectivity index (χ3v) is 4.63. The summed E-state index contributed by atoms with van der Waals surface area (Å²) in [6.45, 7) is 0. The van der Waals surface area contributed by atoms with E-state index in [1.165, 1.54) is 4.88 Å². The Morgan fingerprint density at radius 2 is 2.14 bits per heavy atom. The molecule has 1 atom stereocenters. The maximum Gasteiger partial charge on any atom is 0.0931 e. The van der Waals surface area contributed by atoms with Gasteiger partial charge in [-0.15, -0.1) is 34.3 Å². The van der Waals surface area contributed by atoms with Crippen molar-refractivity contribution in [2.24, 2.45) is 0 Å². The summed E-state index contributed by atoms with van der Waals surface area (Å²) >= 11 is 15.4. The zero-order valence-electron chi connectivity index (χ0n) is 7.24. The molecule has 0 radical (unpaired) electrons. The molecule has 0 aliphatic rings. The second-order valence-electron chi connectivity index (χ2n) is 2.89. The molecule has 0 N–H and O–H groups in total. The van der Waals surface area contributed by atoms with Gasteiger partial charge in [-0.3, -0.25) is 0 Å². The molecule has 0 spiro atoms. The first-order valence-electron chi connectivity index (χ1n) is 4.17. The minimum absolute atomic E-state index is 0.0474. The van der Waals surface area contributed by atoms with Gasteiger partial charge in [-0.05, 0) is 23.6 Å². The van der Waals surface area contributed by atoms with Gasteiger partial charge in [0.15, 0.2) is 0 Å². The van der Waals surface area contributed by atoms with Crippen LogP contribution in [0.4, 0.5) is 0 Å². The van der Waals surface area contributed by atoms with Crippen LogP contribution < -0.4 is 0 Å². The van der Waals surface area contributed by atoms with Crippen LogP contribution in [0.5, 0.6) is 0 Å². The normalized spacial score (nSPS) is 13.0. The summed E-state index contributed by atoms with van der Waals surface area (Å²) in [5, 5.41) is 2.12. The van der Waals surface area contributed by atoms with Gasteiger partial charge >= 0.3 is 0 Å². The first kappa shape index (κ1) is 10.5. The van der Waals surface area contributed by atoms with E-state index < -0.39 is 0 Å². The highest BCUT2D eigenvalue weighted by Gasteiger charge is 2.11. The minimum atomic E-state index is 0.0474. The summed E-state index contributed by atoms with van der Waals surface area (Å²) in [4.78, 5) is 2.46. The van der Waals surface area contributed by atoms with Crippen molar-refractivity contribution in [1.29, 1.82) is 0 Å². The maximum atomic E-state index is 6.27. The Bertz CT molecular complexity index is 392. The van der Waals surface area contributed by atoms with Crippen molar-refractivity contribution in [3.05, 3.63) is 43.7 Å². The second-order valence-corrected chi connectivity index (χ2v) is 6.20. The summed E-state index contributed by atoms with van der Waals surface area (Å²) < 4.78 is 0.803. The number of halogens is 2. The fraction of sp³-hybridized carbons (Fsp3) is 0.200. The number of thiophene rings is 2. The molecule has 4 heteroatoms. The van der Waals surface area contributed by atoms with Crippen LogP contribution in [0.2, 0.25) is 4.34 Å². The van der Waals surface area contributed by atoms with E-state index in [1.54, 1.807) is 22.7 Å². The molecule has 0 aromatic carbocycles. The van der Waals surface area contributed by atoms with Crippen molar-refractivity contribution in [2.75, 3.05) is 0 Å². The average molecular weight is 263 g/mol. The van der Waals surface area contributed by atoms with Crippen molar-refractivity contribution in [3.63, 3.8) is 0 Å². The Hall–Kier alpha value is -0.0200. The van der Waals surface area contributed by atoms with Crippen molar-refractivity contribution >= 4 is 45.9 Å². The lowest BCUT2D eigenvalue weighted by molar-refractivity contribution is 0.960. The van der Waals surface area contributed by atoms with Gasteiger partial charge in [0.2, 0.25) is 0 Å². The van der Waals surface area contributed by atoms with Gasteiger partial charge in [0.1, 0.15) is 0 Å². The Morgan fingerprint density at radius 1 is 1.29 bits per heavy atom. The van der Waals surface area contributed by atoms with Crippen molar-refractivity contribution in [2.45, 2.75) is 11.8 Å². The largest absolute Gasteiger partial charge is 0.149 e. The SMILES string of the molecule is Clc1ccc(C(Cl)Cc2cccs2)s1. The first-order valence-corrected chi connectivity index (χ1v) is 6.68. The van der Waals surface area contributed by atoms with Crippen molar-refractivity contribution < 1.29 is 0 Å². The van der Waals surface area contributed by atoms with E-state index in [0.29, 0.717) is 0 Å². The van der Waals surface area contributed by atoms with Crippen LogP contribution in [-0.4, -0.2) is 0 Å². The van der Waals surface area contributed by atoms with Gasteiger partial charge in [-0.2, -0.15) is 0 Å². The Kier molecular flexibility index (Phi) is 3.50. The lowest BCUT2D eigenvalue weighted by Crippen LogP contribution is -1.89. The molecule has 1 unspecified atom stereocenters. The van der Waals surface area contributed by atoms with E-state index >= 15 is 0 Å². The zero-order valence-corrected chi connectivity index (χ0v) is 10.4. The molecule has 0 nitrogen and oxygen atoms in total. The molecular weight excluding hydrogens is 255 g/mol. The highest BCUT2D eigenvalue weighted by atomic mass is 35.5. The van der Waals surface area contributed by atoms with Gasteiger partial charge in [-0.25, -0.2) is 0 Å². The summed E-state index contributed by atoms with van der Waals surface area (Å²) in [5.74, 6) is 0. The van der Waals surface area contributed by atoms with Crippen LogP contribution >= 0.6 is 45.9 Å². The van der Waals surface area contributed by atoms with Gasteiger partial charge in [0.05, 0.1) is 9.71 Å². The minimum Gasteiger partial charge on any atom is -0.149 e. The zero-order chi connectivity index (χ0) is 9.97. The maximum absolute atomic E-state index is 6.27. The Balaban J connectivity index is 2.06. The average Bonchev–Trinajstić information content (AvgIpc) is 2.75. The number of alkyl halides is 1. The fourth-order valence-corrected chi connectivity index (χ4v) is 3.46. The van der Waals surface area contributed by atoms with Crippen LogP contribution in [0.15, 0.2) is 29.6 Å². The van der Waals surface area contributed by atoms with E-state index in [0.717, 1.165) is 15.6 Å². The summed E-state index contributed by atoms with van der Waals surface area (Å²) in [7, 11) is 0. The highest BCUT2D eigenvalue weighted by molar-refractivity contribution is 7.16. The third-order valence-electron chi connectivity index (χ3n) is 1.86. The molecule has 2 aromatic heterocycles. The number of hydrogen-bond acceptors (Lipinski definition) is 2. The number of rotatable bonds is 3. The lowest BCUT2D eigenvalue weighted by atomic mass is 10.2. The van der Waals surface area contributed by atoms with Crippen molar-refractivity contribution in [3.8, 4) is 0 Å². The van der Waals surface area contributed by atoms with E-state index in [2.05, 4.69) is 11.4 Å². The van der Waals surface area contributed by atoms with Crippen LogP contribution in [0, 0.1) is 0 Å². The Labute approximate surface area is 101 Å². The first-order chi connectivity index (χ1) is 6.75.